The molecule has 148 valence electrons. The largest absolute Gasteiger partial charge is 0.452 e. The lowest BCUT2D eigenvalue weighted by Crippen LogP contribution is -2.24. The lowest BCUT2D eigenvalue weighted by Gasteiger charge is -2.09. The fourth-order valence-corrected chi connectivity index (χ4v) is 3.09. The first-order valence-electron chi connectivity index (χ1n) is 7.86. The Labute approximate surface area is 160 Å². The minimum absolute atomic E-state index is 0.00375. The molecule has 2 aromatic rings. The third kappa shape index (κ3) is 5.44. The number of hydrogen-bond donors (Lipinski definition) is 2. The molecular weight excluding hydrogens is 394 g/mol. The number of para-hydroxylation sites is 1. The van der Waals surface area contributed by atoms with Crippen LogP contribution in [0, 0.1) is 11.6 Å². The third-order valence-electron chi connectivity index (χ3n) is 3.36. The Bertz CT molecular complexity index is 989. The summed E-state index contributed by atoms with van der Waals surface area (Å²) in [7, 11) is -3.85. The van der Waals surface area contributed by atoms with Gasteiger partial charge < -0.3 is 10.1 Å². The van der Waals surface area contributed by atoms with E-state index in [9.17, 15) is 26.8 Å². The van der Waals surface area contributed by atoms with Gasteiger partial charge in [0.1, 0.15) is 17.3 Å². The van der Waals surface area contributed by atoms with Gasteiger partial charge in [0.15, 0.2) is 6.61 Å². The van der Waals surface area contributed by atoms with E-state index < -0.39 is 45.8 Å². The van der Waals surface area contributed by atoms with Crippen LogP contribution in [0.3, 0.4) is 0 Å². The van der Waals surface area contributed by atoms with Gasteiger partial charge in [0, 0.05) is 6.54 Å². The number of halogens is 2. The van der Waals surface area contributed by atoms with Crippen molar-refractivity contribution in [2.24, 2.45) is 0 Å². The number of carbonyl (C=O) groups excluding carboxylic acids is 2. The molecule has 0 aromatic heterocycles. The van der Waals surface area contributed by atoms with Crippen LogP contribution in [-0.4, -0.2) is 33.4 Å². The van der Waals surface area contributed by atoms with Gasteiger partial charge in [0.05, 0.1) is 10.5 Å². The molecule has 0 spiro atoms. The van der Waals surface area contributed by atoms with E-state index in [1.165, 1.54) is 24.3 Å². The first-order chi connectivity index (χ1) is 13.2. The predicted molar refractivity (Wildman–Crippen MR) is 97.1 cm³/mol. The number of hydrogen-bond acceptors (Lipinski definition) is 5. The van der Waals surface area contributed by atoms with Crippen LogP contribution in [0.1, 0.15) is 10.4 Å². The monoisotopic (exact) mass is 410 g/mol. The van der Waals surface area contributed by atoms with Gasteiger partial charge in [0.2, 0.25) is 10.0 Å². The van der Waals surface area contributed by atoms with Crippen LogP contribution in [0.5, 0.6) is 0 Å². The minimum atomic E-state index is -3.85. The van der Waals surface area contributed by atoms with E-state index in [-0.39, 0.29) is 17.0 Å². The second-order valence-electron chi connectivity index (χ2n) is 5.39. The zero-order valence-electron chi connectivity index (χ0n) is 14.4. The summed E-state index contributed by atoms with van der Waals surface area (Å²) in [6.45, 7) is 2.58. The van der Waals surface area contributed by atoms with Gasteiger partial charge in [-0.2, -0.15) is 0 Å². The highest BCUT2D eigenvalue weighted by Gasteiger charge is 2.18. The number of rotatable bonds is 8. The number of ether oxygens (including phenoxy) is 1. The number of sulfonamides is 1. The Balaban J connectivity index is 2.02. The molecule has 2 aromatic carbocycles. The average Bonchev–Trinajstić information content (AvgIpc) is 2.67. The summed E-state index contributed by atoms with van der Waals surface area (Å²) in [6, 6.07) is 8.01. The molecule has 0 radical (unpaired) electrons. The molecule has 2 N–H and O–H groups in total. The van der Waals surface area contributed by atoms with Gasteiger partial charge in [-0.3, -0.25) is 4.79 Å². The predicted octanol–water partition coefficient (Wildman–Crippen LogP) is 2.22. The summed E-state index contributed by atoms with van der Waals surface area (Å²) in [4.78, 5) is 23.6. The van der Waals surface area contributed by atoms with Gasteiger partial charge >= 0.3 is 5.97 Å². The van der Waals surface area contributed by atoms with Crippen LogP contribution in [-0.2, 0) is 19.6 Å². The number of anilines is 1. The Hall–Kier alpha value is -3.11. The first-order valence-corrected chi connectivity index (χ1v) is 9.34. The third-order valence-corrected chi connectivity index (χ3v) is 4.78. The van der Waals surface area contributed by atoms with Gasteiger partial charge in [-0.25, -0.2) is 26.7 Å². The molecule has 7 nitrogen and oxygen atoms in total. The Morgan fingerprint density at radius 1 is 1.11 bits per heavy atom. The lowest BCUT2D eigenvalue weighted by atomic mass is 10.2. The van der Waals surface area contributed by atoms with Crippen molar-refractivity contribution in [1.29, 1.82) is 0 Å². The topological polar surface area (TPSA) is 102 Å². The molecule has 0 unspecified atom stereocenters. The van der Waals surface area contributed by atoms with E-state index in [2.05, 4.69) is 11.3 Å². The Morgan fingerprint density at radius 3 is 2.39 bits per heavy atom. The molecule has 0 aliphatic carbocycles. The van der Waals surface area contributed by atoms with Crippen molar-refractivity contribution in [2.75, 3.05) is 18.5 Å². The van der Waals surface area contributed by atoms with Crippen molar-refractivity contribution < 1.29 is 31.5 Å². The maximum absolute atomic E-state index is 13.5. The summed E-state index contributed by atoms with van der Waals surface area (Å²) in [6.07, 6.45) is 1.35. The van der Waals surface area contributed by atoms with Crippen molar-refractivity contribution in [2.45, 2.75) is 4.90 Å². The van der Waals surface area contributed by atoms with Crippen molar-refractivity contribution in [1.82, 2.24) is 4.72 Å². The van der Waals surface area contributed by atoms with E-state index in [1.807, 2.05) is 5.32 Å². The number of esters is 1. The van der Waals surface area contributed by atoms with Crippen LogP contribution in [0.4, 0.5) is 14.5 Å². The van der Waals surface area contributed by atoms with E-state index in [4.69, 9.17) is 4.74 Å². The summed E-state index contributed by atoms with van der Waals surface area (Å²) < 4.78 is 58.1. The second kappa shape index (κ2) is 9.20. The van der Waals surface area contributed by atoms with Crippen molar-refractivity contribution >= 4 is 27.6 Å². The highest BCUT2D eigenvalue weighted by molar-refractivity contribution is 7.89. The fourth-order valence-electron chi connectivity index (χ4n) is 2.05. The summed E-state index contributed by atoms with van der Waals surface area (Å²) in [5.41, 5.74) is -0.781. The van der Waals surface area contributed by atoms with Crippen LogP contribution in [0.15, 0.2) is 60.0 Å². The highest BCUT2D eigenvalue weighted by atomic mass is 32.2. The fraction of sp³-hybridized carbons (Fsp3) is 0.111. The number of carbonyl (C=O) groups is 2. The maximum atomic E-state index is 13.5. The van der Waals surface area contributed by atoms with E-state index in [1.54, 1.807) is 0 Å². The summed E-state index contributed by atoms with van der Waals surface area (Å²) in [5.74, 6) is -3.91. The number of nitrogens with one attached hydrogen (secondary N) is 2. The van der Waals surface area contributed by atoms with Gasteiger partial charge in [-0.15, -0.1) is 6.58 Å². The summed E-state index contributed by atoms with van der Waals surface area (Å²) in [5, 5.41) is 1.96. The average molecular weight is 410 g/mol. The van der Waals surface area contributed by atoms with Crippen molar-refractivity contribution in [3.05, 3.63) is 72.3 Å². The van der Waals surface area contributed by atoms with Crippen molar-refractivity contribution in [3.63, 3.8) is 0 Å². The highest BCUT2D eigenvalue weighted by Crippen LogP contribution is 2.18. The zero-order chi connectivity index (χ0) is 20.7. The van der Waals surface area contributed by atoms with Crippen molar-refractivity contribution in [3.8, 4) is 0 Å². The van der Waals surface area contributed by atoms with Crippen LogP contribution < -0.4 is 10.0 Å². The molecule has 28 heavy (non-hydrogen) atoms. The standard InChI is InChI=1S/C18H16F2N2O5S/c1-2-9-21-28(25,26)13-6-3-5-12(10-13)18(24)27-11-16(23)22-17-14(19)7-4-8-15(17)20/h2-8,10,21H,1,9,11H2,(H,22,23). The van der Waals surface area contributed by atoms with E-state index >= 15 is 0 Å². The van der Waals surface area contributed by atoms with E-state index in [0.29, 0.717) is 0 Å². The van der Waals surface area contributed by atoms with E-state index in [0.717, 1.165) is 24.3 Å². The van der Waals surface area contributed by atoms with Gasteiger partial charge in [-0.05, 0) is 30.3 Å². The summed E-state index contributed by atoms with van der Waals surface area (Å²) >= 11 is 0. The molecule has 0 heterocycles. The molecule has 0 fully saturated rings. The molecule has 0 saturated carbocycles. The SMILES string of the molecule is C=CCNS(=O)(=O)c1cccc(C(=O)OCC(=O)Nc2c(F)cccc2F)c1. The van der Waals surface area contributed by atoms with Crippen LogP contribution in [0.25, 0.3) is 0 Å². The quantitative estimate of drug-likeness (QED) is 0.513. The molecule has 0 bridgehead atoms. The smallest absolute Gasteiger partial charge is 0.338 e. The van der Waals surface area contributed by atoms with Gasteiger partial charge in [-0.1, -0.05) is 18.2 Å². The minimum Gasteiger partial charge on any atom is -0.452 e. The normalized spacial score (nSPS) is 10.9. The number of benzene rings is 2. The molecule has 0 saturated heterocycles. The van der Waals surface area contributed by atoms with Crippen LogP contribution in [0.2, 0.25) is 0 Å². The van der Waals surface area contributed by atoms with Crippen LogP contribution >= 0.6 is 0 Å². The first kappa shape index (κ1) is 21.2. The molecule has 0 atom stereocenters. The molecule has 0 aliphatic heterocycles. The molecule has 10 heteroatoms. The Morgan fingerprint density at radius 2 is 1.75 bits per heavy atom. The molecule has 1 amide bonds. The zero-order valence-corrected chi connectivity index (χ0v) is 15.3. The number of amides is 1. The lowest BCUT2D eigenvalue weighted by molar-refractivity contribution is -0.119. The Kier molecular flexibility index (Phi) is 6.96. The maximum Gasteiger partial charge on any atom is 0.338 e. The second-order valence-corrected chi connectivity index (χ2v) is 7.16. The molecule has 2 rings (SSSR count). The molecular formula is C18H16F2N2O5S. The van der Waals surface area contributed by atoms with Gasteiger partial charge in [0.25, 0.3) is 5.91 Å². The molecule has 0 aliphatic rings.